The van der Waals surface area contributed by atoms with E-state index in [0.717, 1.165) is 6.42 Å². The first-order chi connectivity index (χ1) is 7.76. The second-order valence-electron chi connectivity index (χ2n) is 3.99. The van der Waals surface area contributed by atoms with Crippen LogP contribution in [0.2, 0.25) is 0 Å². The Labute approximate surface area is 97.5 Å². The van der Waals surface area contributed by atoms with Crippen molar-refractivity contribution in [3.63, 3.8) is 0 Å². The van der Waals surface area contributed by atoms with Crippen molar-refractivity contribution in [3.05, 3.63) is 12.4 Å². The molecule has 0 radical (unpaired) electrons. The Morgan fingerprint density at radius 3 is 2.56 bits per heavy atom. The topological polar surface area (TPSA) is 47.0 Å². The number of unbranched alkanes of at least 4 members (excludes halogenated alkanes) is 2. The zero-order valence-electron chi connectivity index (χ0n) is 10.4. The maximum Gasteiger partial charge on any atom is 0.223 e. The first-order valence-corrected chi connectivity index (χ1v) is 5.88. The number of anilines is 1. The minimum atomic E-state index is 0.417. The first kappa shape index (κ1) is 12.7. The Bertz CT molecular complexity index is 287. The molecule has 0 aliphatic carbocycles. The molecule has 16 heavy (non-hydrogen) atoms. The SMILES string of the molecule is CCCCCC(C)Nc1ncc(OC)cn1. The zero-order valence-corrected chi connectivity index (χ0v) is 10.4. The number of nitrogens with zero attached hydrogens (tertiary/aromatic N) is 2. The summed E-state index contributed by atoms with van der Waals surface area (Å²) in [5, 5.41) is 3.27. The fourth-order valence-corrected chi connectivity index (χ4v) is 1.49. The van der Waals surface area contributed by atoms with Crippen LogP contribution in [0.15, 0.2) is 12.4 Å². The van der Waals surface area contributed by atoms with Crippen LogP contribution in [0.5, 0.6) is 5.75 Å². The highest BCUT2D eigenvalue weighted by atomic mass is 16.5. The molecular formula is C12H21N3O. The fraction of sp³-hybridized carbons (Fsp3) is 0.667. The highest BCUT2D eigenvalue weighted by molar-refractivity contribution is 5.27. The van der Waals surface area contributed by atoms with E-state index in [1.807, 2.05) is 0 Å². The van der Waals surface area contributed by atoms with E-state index < -0.39 is 0 Å². The van der Waals surface area contributed by atoms with Crippen LogP contribution >= 0.6 is 0 Å². The lowest BCUT2D eigenvalue weighted by atomic mass is 10.1. The summed E-state index contributed by atoms with van der Waals surface area (Å²) in [6.07, 6.45) is 8.30. The number of aromatic nitrogens is 2. The van der Waals surface area contributed by atoms with Crippen molar-refractivity contribution in [1.29, 1.82) is 0 Å². The van der Waals surface area contributed by atoms with Gasteiger partial charge in [0, 0.05) is 6.04 Å². The van der Waals surface area contributed by atoms with Gasteiger partial charge in [0.2, 0.25) is 5.95 Å². The van der Waals surface area contributed by atoms with Crippen molar-refractivity contribution in [2.75, 3.05) is 12.4 Å². The Morgan fingerprint density at radius 2 is 2.00 bits per heavy atom. The second-order valence-corrected chi connectivity index (χ2v) is 3.99. The summed E-state index contributed by atoms with van der Waals surface area (Å²) in [6.45, 7) is 4.37. The van der Waals surface area contributed by atoms with Crippen molar-refractivity contribution in [3.8, 4) is 5.75 Å². The number of hydrogen-bond donors (Lipinski definition) is 1. The molecule has 1 aromatic heterocycles. The van der Waals surface area contributed by atoms with Crippen LogP contribution < -0.4 is 10.1 Å². The van der Waals surface area contributed by atoms with E-state index in [0.29, 0.717) is 17.7 Å². The highest BCUT2D eigenvalue weighted by Crippen LogP contribution is 2.10. The summed E-state index contributed by atoms with van der Waals surface area (Å²) in [4.78, 5) is 8.34. The van der Waals surface area contributed by atoms with Crippen LogP contribution in [0.3, 0.4) is 0 Å². The lowest BCUT2D eigenvalue weighted by Crippen LogP contribution is -2.16. The largest absolute Gasteiger partial charge is 0.494 e. The average molecular weight is 223 g/mol. The van der Waals surface area contributed by atoms with Gasteiger partial charge in [0.15, 0.2) is 5.75 Å². The van der Waals surface area contributed by atoms with E-state index in [-0.39, 0.29) is 0 Å². The molecule has 4 nitrogen and oxygen atoms in total. The number of hydrogen-bond acceptors (Lipinski definition) is 4. The quantitative estimate of drug-likeness (QED) is 0.722. The lowest BCUT2D eigenvalue weighted by Gasteiger charge is -2.13. The monoisotopic (exact) mass is 223 g/mol. The molecule has 0 amide bonds. The maximum absolute atomic E-state index is 5.00. The number of nitrogens with one attached hydrogen (secondary N) is 1. The van der Waals surface area contributed by atoms with E-state index in [2.05, 4.69) is 29.1 Å². The molecule has 1 aromatic rings. The molecule has 1 heterocycles. The van der Waals surface area contributed by atoms with E-state index in [1.165, 1.54) is 19.3 Å². The van der Waals surface area contributed by atoms with Gasteiger partial charge in [-0.2, -0.15) is 0 Å². The van der Waals surface area contributed by atoms with Crippen LogP contribution in [-0.4, -0.2) is 23.1 Å². The molecule has 0 bridgehead atoms. The molecule has 1 N–H and O–H groups in total. The third-order valence-corrected chi connectivity index (χ3v) is 2.48. The third-order valence-electron chi connectivity index (χ3n) is 2.48. The molecule has 0 spiro atoms. The number of ether oxygens (including phenoxy) is 1. The van der Waals surface area contributed by atoms with Gasteiger partial charge in [-0.05, 0) is 13.3 Å². The normalized spacial score (nSPS) is 12.2. The molecule has 90 valence electrons. The zero-order chi connectivity index (χ0) is 11.8. The minimum Gasteiger partial charge on any atom is -0.494 e. The predicted octanol–water partition coefficient (Wildman–Crippen LogP) is 2.87. The summed E-state index contributed by atoms with van der Waals surface area (Å²) < 4.78 is 5.00. The molecule has 0 aliphatic rings. The highest BCUT2D eigenvalue weighted by Gasteiger charge is 2.03. The van der Waals surface area contributed by atoms with Crippen molar-refractivity contribution in [2.45, 2.75) is 45.6 Å². The maximum atomic E-state index is 5.00. The fourth-order valence-electron chi connectivity index (χ4n) is 1.49. The lowest BCUT2D eigenvalue weighted by molar-refractivity contribution is 0.411. The Hall–Kier alpha value is -1.32. The summed E-state index contributed by atoms with van der Waals surface area (Å²) in [5.74, 6) is 1.36. The molecule has 0 saturated heterocycles. The van der Waals surface area contributed by atoms with Crippen LogP contribution in [0.1, 0.15) is 39.5 Å². The summed E-state index contributed by atoms with van der Waals surface area (Å²) in [5.41, 5.74) is 0. The van der Waals surface area contributed by atoms with Gasteiger partial charge in [-0.3, -0.25) is 0 Å². The summed E-state index contributed by atoms with van der Waals surface area (Å²) in [6, 6.07) is 0.417. The van der Waals surface area contributed by atoms with Gasteiger partial charge in [0.25, 0.3) is 0 Å². The van der Waals surface area contributed by atoms with Crippen LogP contribution in [0.25, 0.3) is 0 Å². The van der Waals surface area contributed by atoms with Gasteiger partial charge in [-0.1, -0.05) is 26.2 Å². The first-order valence-electron chi connectivity index (χ1n) is 5.88. The molecular weight excluding hydrogens is 202 g/mol. The van der Waals surface area contributed by atoms with E-state index in [9.17, 15) is 0 Å². The van der Waals surface area contributed by atoms with Gasteiger partial charge >= 0.3 is 0 Å². The van der Waals surface area contributed by atoms with Crippen molar-refractivity contribution in [2.24, 2.45) is 0 Å². The predicted molar refractivity (Wildman–Crippen MR) is 65.8 cm³/mol. The smallest absolute Gasteiger partial charge is 0.223 e. The minimum absolute atomic E-state index is 0.417. The molecule has 1 unspecified atom stereocenters. The van der Waals surface area contributed by atoms with Gasteiger partial charge in [0.1, 0.15) is 0 Å². The van der Waals surface area contributed by atoms with Crippen molar-refractivity contribution in [1.82, 2.24) is 9.97 Å². The summed E-state index contributed by atoms with van der Waals surface area (Å²) >= 11 is 0. The van der Waals surface area contributed by atoms with Crippen molar-refractivity contribution < 1.29 is 4.74 Å². The van der Waals surface area contributed by atoms with Gasteiger partial charge in [-0.15, -0.1) is 0 Å². The van der Waals surface area contributed by atoms with E-state index in [1.54, 1.807) is 19.5 Å². The Kier molecular flexibility index (Phi) is 5.61. The van der Waals surface area contributed by atoms with Gasteiger partial charge < -0.3 is 10.1 Å². The average Bonchev–Trinajstić information content (AvgIpc) is 2.30. The molecule has 0 fully saturated rings. The van der Waals surface area contributed by atoms with E-state index in [4.69, 9.17) is 4.74 Å². The molecule has 0 aliphatic heterocycles. The Morgan fingerprint density at radius 1 is 1.31 bits per heavy atom. The van der Waals surface area contributed by atoms with Crippen LogP contribution in [-0.2, 0) is 0 Å². The number of rotatable bonds is 7. The standard InChI is InChI=1S/C12H21N3O/c1-4-5-6-7-10(2)15-12-13-8-11(16-3)9-14-12/h8-10H,4-7H2,1-3H3,(H,13,14,15). The molecule has 0 aromatic carbocycles. The Balaban J connectivity index is 2.34. The van der Waals surface area contributed by atoms with Crippen LogP contribution in [0.4, 0.5) is 5.95 Å². The molecule has 1 rings (SSSR count). The van der Waals surface area contributed by atoms with E-state index >= 15 is 0 Å². The third kappa shape index (κ3) is 4.47. The van der Waals surface area contributed by atoms with Crippen LogP contribution in [0, 0.1) is 0 Å². The second kappa shape index (κ2) is 7.04. The van der Waals surface area contributed by atoms with Crippen molar-refractivity contribution >= 4 is 5.95 Å². The van der Waals surface area contributed by atoms with Gasteiger partial charge in [-0.25, -0.2) is 9.97 Å². The molecule has 0 saturated carbocycles. The molecule has 1 atom stereocenters. The van der Waals surface area contributed by atoms with Gasteiger partial charge in [0.05, 0.1) is 19.5 Å². The summed E-state index contributed by atoms with van der Waals surface area (Å²) in [7, 11) is 1.61. The number of methoxy groups -OCH3 is 1. The molecule has 4 heteroatoms.